The molecule has 0 unspecified atom stereocenters. The summed E-state index contributed by atoms with van der Waals surface area (Å²) in [4.78, 5) is 19.7. The smallest absolute Gasteiger partial charge is 0.247 e. The van der Waals surface area contributed by atoms with E-state index in [-0.39, 0.29) is 11.2 Å². The van der Waals surface area contributed by atoms with E-state index in [0.717, 1.165) is 27.5 Å². The van der Waals surface area contributed by atoms with Gasteiger partial charge in [0.2, 0.25) is 5.91 Å². The molecule has 0 bridgehead atoms. The largest absolute Gasteiger partial charge is 0.273 e. The maximum atomic E-state index is 13.3. The molecule has 4 rings (SSSR count). The quantitative estimate of drug-likeness (QED) is 0.530. The minimum atomic E-state index is -0.235. The van der Waals surface area contributed by atoms with Crippen molar-refractivity contribution in [3.63, 3.8) is 0 Å². The van der Waals surface area contributed by atoms with Crippen LogP contribution in [-0.2, 0) is 11.2 Å². The number of anilines is 1. The average molecular weight is 407 g/mol. The van der Waals surface area contributed by atoms with Crippen LogP contribution in [0.5, 0.6) is 0 Å². The number of para-hydroxylation sites is 2. The molecular formula is C23H19ClN2OS. The summed E-state index contributed by atoms with van der Waals surface area (Å²) < 4.78 is 0. The first kappa shape index (κ1) is 18.8. The number of rotatable bonds is 4. The Labute approximate surface area is 174 Å². The van der Waals surface area contributed by atoms with Gasteiger partial charge < -0.3 is 0 Å². The van der Waals surface area contributed by atoms with Gasteiger partial charge in [-0.2, -0.15) is 0 Å². The first-order valence-electron chi connectivity index (χ1n) is 9.06. The molecule has 3 aromatic carbocycles. The Morgan fingerprint density at radius 1 is 1.00 bits per heavy atom. The maximum Gasteiger partial charge on any atom is 0.247 e. The van der Waals surface area contributed by atoms with Gasteiger partial charge in [-0.05, 0) is 54.8 Å². The van der Waals surface area contributed by atoms with Crippen molar-refractivity contribution in [3.8, 4) is 0 Å². The molecule has 3 nitrogen and oxygen atoms in total. The van der Waals surface area contributed by atoms with Crippen LogP contribution in [0.15, 0.2) is 83.9 Å². The number of halogens is 1. The van der Waals surface area contributed by atoms with Crippen molar-refractivity contribution in [1.82, 2.24) is 0 Å². The van der Waals surface area contributed by atoms with Crippen LogP contribution in [0.2, 0.25) is 5.02 Å². The number of hydrogen-bond acceptors (Lipinski definition) is 3. The molecule has 0 aromatic heterocycles. The van der Waals surface area contributed by atoms with Crippen LogP contribution >= 0.6 is 23.4 Å². The summed E-state index contributed by atoms with van der Waals surface area (Å²) in [5.41, 5.74) is 3.75. The third-order valence-corrected chi connectivity index (χ3v) is 6.13. The van der Waals surface area contributed by atoms with Crippen LogP contribution in [0.4, 0.5) is 11.4 Å². The molecule has 1 saturated heterocycles. The second-order valence-electron chi connectivity index (χ2n) is 6.63. The van der Waals surface area contributed by atoms with E-state index in [1.165, 1.54) is 11.8 Å². The Hall–Kier alpha value is -2.56. The topological polar surface area (TPSA) is 32.7 Å². The molecule has 3 aromatic rings. The van der Waals surface area contributed by atoms with Crippen molar-refractivity contribution in [2.45, 2.75) is 18.6 Å². The first-order valence-corrected chi connectivity index (χ1v) is 10.3. The fraction of sp³-hybridized carbons (Fsp3) is 0.130. The highest BCUT2D eigenvalue weighted by atomic mass is 35.5. The predicted octanol–water partition coefficient (Wildman–Crippen LogP) is 6.03. The van der Waals surface area contributed by atoms with Gasteiger partial charge in [-0.15, -0.1) is 0 Å². The first-order chi connectivity index (χ1) is 13.6. The lowest BCUT2D eigenvalue weighted by molar-refractivity contribution is -0.116. The third-order valence-electron chi connectivity index (χ3n) is 4.59. The lowest BCUT2D eigenvalue weighted by Crippen LogP contribution is -2.32. The van der Waals surface area contributed by atoms with E-state index in [1.54, 1.807) is 4.90 Å². The third kappa shape index (κ3) is 3.98. The van der Waals surface area contributed by atoms with Gasteiger partial charge >= 0.3 is 0 Å². The predicted molar refractivity (Wildman–Crippen MR) is 119 cm³/mol. The molecule has 5 heteroatoms. The van der Waals surface area contributed by atoms with Gasteiger partial charge in [0.15, 0.2) is 5.17 Å². The zero-order valence-electron chi connectivity index (χ0n) is 15.4. The summed E-state index contributed by atoms with van der Waals surface area (Å²) in [5, 5.41) is 1.19. The Morgan fingerprint density at radius 3 is 2.36 bits per heavy atom. The maximum absolute atomic E-state index is 13.3. The number of aryl methyl sites for hydroxylation is 1. The minimum Gasteiger partial charge on any atom is -0.273 e. The normalized spacial score (nSPS) is 18.1. The number of carbonyl (C=O) groups is 1. The van der Waals surface area contributed by atoms with Gasteiger partial charge in [0, 0.05) is 5.02 Å². The van der Waals surface area contributed by atoms with Crippen molar-refractivity contribution in [1.29, 1.82) is 0 Å². The summed E-state index contributed by atoms with van der Waals surface area (Å²) in [7, 11) is 0. The SMILES string of the molecule is Cc1ccc(C[C@@H]2SC(=Nc3ccccc3)N(c3ccccc3)C2=O)cc1Cl. The molecule has 1 aliphatic rings. The van der Waals surface area contributed by atoms with Crippen LogP contribution in [0, 0.1) is 6.92 Å². The second kappa shape index (κ2) is 8.21. The molecule has 0 saturated carbocycles. The summed E-state index contributed by atoms with van der Waals surface area (Å²) >= 11 is 7.78. The highest BCUT2D eigenvalue weighted by Crippen LogP contribution is 2.35. The monoisotopic (exact) mass is 406 g/mol. The van der Waals surface area contributed by atoms with Crippen molar-refractivity contribution in [2.24, 2.45) is 4.99 Å². The standard InChI is InChI=1S/C23H19ClN2OS/c1-16-12-13-17(14-20(16)24)15-21-22(27)26(19-10-6-3-7-11-19)23(28-21)25-18-8-4-2-5-9-18/h2-14,21H,15H2,1H3/t21-/m0/s1. The van der Waals surface area contributed by atoms with Gasteiger partial charge in [-0.25, -0.2) is 4.99 Å². The molecular weight excluding hydrogens is 388 g/mol. The molecule has 0 spiro atoms. The number of thioether (sulfide) groups is 1. The molecule has 1 aliphatic heterocycles. The van der Waals surface area contributed by atoms with Gasteiger partial charge in [0.1, 0.15) is 0 Å². The van der Waals surface area contributed by atoms with Gasteiger partial charge in [0.05, 0.1) is 16.6 Å². The van der Waals surface area contributed by atoms with E-state index in [0.29, 0.717) is 11.6 Å². The van der Waals surface area contributed by atoms with E-state index in [9.17, 15) is 4.79 Å². The number of aliphatic imine (C=N–C) groups is 1. The van der Waals surface area contributed by atoms with Crippen LogP contribution in [0.1, 0.15) is 11.1 Å². The molecule has 0 radical (unpaired) electrons. The van der Waals surface area contributed by atoms with Crippen LogP contribution in [0.25, 0.3) is 0 Å². The Bertz CT molecular complexity index is 1020. The molecule has 1 heterocycles. The summed E-state index contributed by atoms with van der Waals surface area (Å²) in [6.45, 7) is 1.98. The van der Waals surface area contributed by atoms with E-state index < -0.39 is 0 Å². The molecule has 1 atom stereocenters. The highest BCUT2D eigenvalue weighted by molar-refractivity contribution is 8.16. The Kier molecular flexibility index (Phi) is 5.51. The highest BCUT2D eigenvalue weighted by Gasteiger charge is 2.39. The van der Waals surface area contributed by atoms with Gasteiger partial charge in [0.25, 0.3) is 0 Å². The summed E-state index contributed by atoms with van der Waals surface area (Å²) in [6.07, 6.45) is 0.612. The van der Waals surface area contributed by atoms with Crippen molar-refractivity contribution in [3.05, 3.63) is 95.0 Å². The average Bonchev–Trinajstić information content (AvgIpc) is 3.01. The van der Waals surface area contributed by atoms with Crippen molar-refractivity contribution in [2.75, 3.05) is 4.90 Å². The van der Waals surface area contributed by atoms with Crippen LogP contribution in [0.3, 0.4) is 0 Å². The molecule has 0 N–H and O–H groups in total. The zero-order valence-corrected chi connectivity index (χ0v) is 17.0. The Morgan fingerprint density at radius 2 is 1.68 bits per heavy atom. The van der Waals surface area contributed by atoms with Crippen molar-refractivity contribution < 1.29 is 4.79 Å². The number of amidine groups is 1. The number of benzene rings is 3. The van der Waals surface area contributed by atoms with E-state index in [4.69, 9.17) is 16.6 Å². The number of amides is 1. The van der Waals surface area contributed by atoms with E-state index in [1.807, 2.05) is 85.8 Å². The van der Waals surface area contributed by atoms with Gasteiger partial charge in [-0.3, -0.25) is 9.69 Å². The number of hydrogen-bond donors (Lipinski definition) is 0. The lowest BCUT2D eigenvalue weighted by atomic mass is 10.1. The van der Waals surface area contributed by atoms with Crippen LogP contribution in [-0.4, -0.2) is 16.3 Å². The zero-order chi connectivity index (χ0) is 19.5. The van der Waals surface area contributed by atoms with Crippen molar-refractivity contribution >= 4 is 45.8 Å². The summed E-state index contributed by atoms with van der Waals surface area (Å²) in [6, 6.07) is 25.4. The molecule has 1 fully saturated rings. The molecule has 0 aliphatic carbocycles. The fourth-order valence-electron chi connectivity index (χ4n) is 3.08. The molecule has 28 heavy (non-hydrogen) atoms. The molecule has 140 valence electrons. The second-order valence-corrected chi connectivity index (χ2v) is 8.21. The minimum absolute atomic E-state index is 0.0441. The van der Waals surface area contributed by atoms with Gasteiger partial charge in [-0.1, -0.05) is 71.9 Å². The van der Waals surface area contributed by atoms with Crippen LogP contribution < -0.4 is 4.90 Å². The molecule has 1 amide bonds. The number of nitrogens with zero attached hydrogens (tertiary/aromatic N) is 2. The summed E-state index contributed by atoms with van der Waals surface area (Å²) in [5.74, 6) is 0.0441. The number of carbonyl (C=O) groups excluding carboxylic acids is 1. The van der Waals surface area contributed by atoms with E-state index in [2.05, 4.69) is 0 Å². The van der Waals surface area contributed by atoms with E-state index >= 15 is 0 Å². The Balaban J connectivity index is 1.67. The lowest BCUT2D eigenvalue weighted by Gasteiger charge is -2.16. The fourth-order valence-corrected chi connectivity index (χ4v) is 4.48.